The number of ether oxygens (including phenoxy) is 1. The second-order valence-corrected chi connectivity index (χ2v) is 9.01. The van der Waals surface area contributed by atoms with Crippen LogP contribution in [0.15, 0.2) is 47.4 Å². The van der Waals surface area contributed by atoms with Crippen LogP contribution in [0.5, 0.6) is 5.75 Å². The maximum atomic E-state index is 13.3. The van der Waals surface area contributed by atoms with E-state index in [1.807, 2.05) is 38.1 Å². The van der Waals surface area contributed by atoms with Crippen molar-refractivity contribution in [2.75, 3.05) is 19.0 Å². The number of nitrogens with one attached hydrogen (secondary N) is 1. The van der Waals surface area contributed by atoms with Crippen molar-refractivity contribution in [2.45, 2.75) is 44.0 Å². The molecule has 6 nitrogen and oxygen atoms in total. The minimum Gasteiger partial charge on any atom is -0.495 e. The lowest BCUT2D eigenvalue weighted by atomic mass is 10.1. The molecule has 0 radical (unpaired) electrons. The van der Waals surface area contributed by atoms with Gasteiger partial charge >= 0.3 is 0 Å². The van der Waals surface area contributed by atoms with E-state index in [1.54, 1.807) is 6.07 Å². The van der Waals surface area contributed by atoms with Crippen LogP contribution in [-0.4, -0.2) is 38.3 Å². The first-order valence-corrected chi connectivity index (χ1v) is 10.8. The van der Waals surface area contributed by atoms with Gasteiger partial charge in [0.25, 0.3) is 5.91 Å². The van der Waals surface area contributed by atoms with Crippen LogP contribution in [0.2, 0.25) is 0 Å². The Morgan fingerprint density at radius 3 is 2.50 bits per heavy atom. The first-order valence-electron chi connectivity index (χ1n) is 9.41. The molecule has 0 spiro atoms. The molecule has 2 aromatic carbocycles. The number of hydrogen-bond donors (Lipinski definition) is 1. The summed E-state index contributed by atoms with van der Waals surface area (Å²) in [6, 6.07) is 11.8. The average Bonchev–Trinajstić information content (AvgIpc) is 2.69. The van der Waals surface area contributed by atoms with Gasteiger partial charge in [0.2, 0.25) is 10.0 Å². The molecule has 1 aliphatic rings. The summed E-state index contributed by atoms with van der Waals surface area (Å²) in [6.07, 6.45) is 2.68. The van der Waals surface area contributed by atoms with Gasteiger partial charge in [0.1, 0.15) is 10.6 Å². The summed E-state index contributed by atoms with van der Waals surface area (Å²) in [4.78, 5) is 12.7. The van der Waals surface area contributed by atoms with Gasteiger partial charge in [-0.15, -0.1) is 0 Å². The van der Waals surface area contributed by atoms with Gasteiger partial charge in [-0.2, -0.15) is 4.31 Å². The van der Waals surface area contributed by atoms with E-state index in [0.29, 0.717) is 12.2 Å². The van der Waals surface area contributed by atoms with Crippen LogP contribution in [0.3, 0.4) is 0 Å². The molecule has 0 aromatic heterocycles. The van der Waals surface area contributed by atoms with Crippen molar-refractivity contribution >= 4 is 21.6 Å². The third-order valence-electron chi connectivity index (χ3n) is 5.06. The summed E-state index contributed by atoms with van der Waals surface area (Å²) in [5.74, 6) is -0.126. The fraction of sp³-hybridized carbons (Fsp3) is 0.381. The molecule has 0 saturated carbocycles. The minimum atomic E-state index is -3.76. The Morgan fingerprint density at radius 2 is 1.86 bits per heavy atom. The van der Waals surface area contributed by atoms with E-state index in [2.05, 4.69) is 5.32 Å². The van der Waals surface area contributed by atoms with Crippen molar-refractivity contribution in [1.29, 1.82) is 0 Å². The third kappa shape index (κ3) is 4.20. The summed E-state index contributed by atoms with van der Waals surface area (Å²) < 4.78 is 33.3. The molecule has 1 heterocycles. The second-order valence-electron chi connectivity index (χ2n) is 7.15. The van der Waals surface area contributed by atoms with E-state index in [9.17, 15) is 13.2 Å². The number of anilines is 1. The van der Waals surface area contributed by atoms with E-state index in [4.69, 9.17) is 4.74 Å². The minimum absolute atomic E-state index is 0.0281. The zero-order chi connectivity index (χ0) is 20.3. The number of nitrogens with zero attached hydrogens (tertiary/aromatic N) is 1. The molecular formula is C21H26N2O4S. The lowest BCUT2D eigenvalue weighted by molar-refractivity contribution is 0.102. The highest BCUT2D eigenvalue weighted by Gasteiger charge is 2.33. The molecule has 7 heteroatoms. The van der Waals surface area contributed by atoms with Crippen LogP contribution in [0, 0.1) is 6.92 Å². The molecule has 3 rings (SSSR count). The van der Waals surface area contributed by atoms with Crippen molar-refractivity contribution in [3.63, 3.8) is 0 Å². The summed E-state index contributed by atoms with van der Waals surface area (Å²) >= 11 is 0. The molecule has 2 aromatic rings. The molecule has 1 amide bonds. The highest BCUT2D eigenvalue weighted by Crippen LogP contribution is 2.31. The Kier molecular flexibility index (Phi) is 6.05. The van der Waals surface area contributed by atoms with Crippen LogP contribution >= 0.6 is 0 Å². The SMILES string of the molecule is COc1ccc(C(=O)Nc2ccc(C)cc2)cc1S(=O)(=O)N1CCCCC1C. The fourth-order valence-corrected chi connectivity index (χ4v) is 5.30. The third-order valence-corrected chi connectivity index (χ3v) is 7.10. The summed E-state index contributed by atoms with van der Waals surface area (Å²) in [5, 5.41) is 2.80. The number of carbonyl (C=O) groups excluding carboxylic acids is 1. The van der Waals surface area contributed by atoms with Gasteiger partial charge in [0.05, 0.1) is 7.11 Å². The molecule has 0 bridgehead atoms. The zero-order valence-electron chi connectivity index (χ0n) is 16.4. The maximum Gasteiger partial charge on any atom is 0.255 e. The molecule has 150 valence electrons. The first-order chi connectivity index (χ1) is 13.3. The lowest BCUT2D eigenvalue weighted by Crippen LogP contribution is -2.42. The molecule has 1 unspecified atom stereocenters. The van der Waals surface area contributed by atoms with Crippen molar-refractivity contribution in [3.8, 4) is 5.75 Å². The molecule has 1 atom stereocenters. The molecule has 1 aliphatic heterocycles. The van der Waals surface area contributed by atoms with Crippen molar-refractivity contribution in [1.82, 2.24) is 4.31 Å². The van der Waals surface area contributed by atoms with Crippen molar-refractivity contribution < 1.29 is 17.9 Å². The molecule has 0 aliphatic carbocycles. The van der Waals surface area contributed by atoms with Crippen LogP contribution < -0.4 is 10.1 Å². The molecule has 1 fully saturated rings. The van der Waals surface area contributed by atoms with Gasteiger partial charge in [-0.3, -0.25) is 4.79 Å². The van der Waals surface area contributed by atoms with Crippen LogP contribution in [-0.2, 0) is 10.0 Å². The van der Waals surface area contributed by atoms with E-state index >= 15 is 0 Å². The summed E-state index contributed by atoms with van der Waals surface area (Å²) in [7, 11) is -2.33. The van der Waals surface area contributed by atoms with E-state index in [1.165, 1.54) is 23.5 Å². The number of amides is 1. The lowest BCUT2D eigenvalue weighted by Gasteiger charge is -2.32. The topological polar surface area (TPSA) is 75.7 Å². The molecule has 28 heavy (non-hydrogen) atoms. The number of rotatable bonds is 5. The van der Waals surface area contributed by atoms with E-state index in [-0.39, 0.29) is 28.2 Å². The quantitative estimate of drug-likeness (QED) is 0.825. The zero-order valence-corrected chi connectivity index (χ0v) is 17.3. The van der Waals surface area contributed by atoms with Crippen LogP contribution in [0.4, 0.5) is 5.69 Å². The van der Waals surface area contributed by atoms with Crippen LogP contribution in [0.25, 0.3) is 0 Å². The highest BCUT2D eigenvalue weighted by atomic mass is 32.2. The second kappa shape index (κ2) is 8.32. The number of aryl methyl sites for hydroxylation is 1. The largest absolute Gasteiger partial charge is 0.495 e. The van der Waals surface area contributed by atoms with Gasteiger partial charge < -0.3 is 10.1 Å². The van der Waals surface area contributed by atoms with Gasteiger partial charge in [0, 0.05) is 23.8 Å². The highest BCUT2D eigenvalue weighted by molar-refractivity contribution is 7.89. The Balaban J connectivity index is 1.93. The van der Waals surface area contributed by atoms with Crippen LogP contribution in [0.1, 0.15) is 42.1 Å². The van der Waals surface area contributed by atoms with Gasteiger partial charge in [0.15, 0.2) is 0 Å². The average molecular weight is 403 g/mol. The van der Waals surface area contributed by atoms with Crippen molar-refractivity contribution in [2.24, 2.45) is 0 Å². The Hall–Kier alpha value is -2.38. The maximum absolute atomic E-state index is 13.3. The molecule has 1 saturated heterocycles. The summed E-state index contributed by atoms with van der Waals surface area (Å²) in [5.41, 5.74) is 2.01. The number of methoxy groups -OCH3 is 1. The summed E-state index contributed by atoms with van der Waals surface area (Å²) in [6.45, 7) is 4.36. The van der Waals surface area contributed by atoms with Crippen molar-refractivity contribution in [3.05, 3.63) is 53.6 Å². The molecular weight excluding hydrogens is 376 g/mol. The number of carbonyl (C=O) groups is 1. The molecule has 1 N–H and O–H groups in total. The Morgan fingerprint density at radius 1 is 1.14 bits per heavy atom. The predicted molar refractivity (Wildman–Crippen MR) is 109 cm³/mol. The Labute approximate surface area is 166 Å². The smallest absolute Gasteiger partial charge is 0.255 e. The predicted octanol–water partition coefficient (Wildman–Crippen LogP) is 3.82. The number of sulfonamides is 1. The van der Waals surface area contributed by atoms with Gasteiger partial charge in [-0.25, -0.2) is 8.42 Å². The number of hydrogen-bond acceptors (Lipinski definition) is 4. The van der Waals surface area contributed by atoms with E-state index < -0.39 is 10.0 Å². The number of piperidine rings is 1. The Bertz CT molecular complexity index is 955. The standard InChI is InChI=1S/C21H26N2O4S/c1-15-7-10-18(11-8-15)22-21(24)17-9-12-19(27-3)20(14-17)28(25,26)23-13-5-4-6-16(23)2/h7-12,14,16H,4-6,13H2,1-3H3,(H,22,24). The fourth-order valence-electron chi connectivity index (χ4n) is 3.41. The van der Waals surface area contributed by atoms with E-state index in [0.717, 1.165) is 24.8 Å². The van der Waals surface area contributed by atoms with Gasteiger partial charge in [-0.05, 0) is 57.0 Å². The van der Waals surface area contributed by atoms with Gasteiger partial charge in [-0.1, -0.05) is 24.1 Å². The monoisotopic (exact) mass is 402 g/mol. The normalized spacial score (nSPS) is 17.9. The number of benzene rings is 2. The first kappa shape index (κ1) is 20.4.